The van der Waals surface area contributed by atoms with Gasteiger partial charge in [0.2, 0.25) is 0 Å². The first-order valence-electron chi connectivity index (χ1n) is 5.96. The molecule has 0 radical (unpaired) electrons. The molecule has 0 aliphatic carbocycles. The fourth-order valence-corrected chi connectivity index (χ4v) is 1.89. The highest BCUT2D eigenvalue weighted by Crippen LogP contribution is 2.28. The topological polar surface area (TPSA) is 88.1 Å². The van der Waals surface area contributed by atoms with Crippen LogP contribution in [0.25, 0.3) is 11.0 Å². The lowest BCUT2D eigenvalue weighted by molar-refractivity contribution is 0.0731. The second-order valence-electron chi connectivity index (χ2n) is 4.36. The van der Waals surface area contributed by atoms with E-state index in [1.807, 2.05) is 6.92 Å². The highest BCUT2D eigenvalue weighted by atomic mass is 16.5. The third-order valence-electron chi connectivity index (χ3n) is 2.88. The Balaban J connectivity index is 1.97. The number of phenols is 1. The molecule has 0 saturated heterocycles. The minimum Gasteiger partial charge on any atom is -0.504 e. The van der Waals surface area contributed by atoms with E-state index in [9.17, 15) is 9.90 Å². The van der Waals surface area contributed by atoms with E-state index < -0.39 is 5.97 Å². The van der Waals surface area contributed by atoms with Gasteiger partial charge in [0, 0.05) is 0 Å². The molecule has 0 amide bonds. The maximum Gasteiger partial charge on any atom is 0.346 e. The zero-order valence-corrected chi connectivity index (χ0v) is 10.6. The zero-order chi connectivity index (χ0) is 14.1. The molecule has 2 aromatic carbocycles. The van der Waals surface area contributed by atoms with E-state index in [0.717, 1.165) is 5.56 Å². The predicted molar refractivity (Wildman–Crippen MR) is 71.7 cm³/mol. The van der Waals surface area contributed by atoms with Crippen LogP contribution in [0.1, 0.15) is 15.9 Å². The smallest absolute Gasteiger partial charge is 0.346 e. The molecule has 0 atom stereocenters. The number of rotatable bonds is 2. The van der Waals surface area contributed by atoms with Gasteiger partial charge in [-0.3, -0.25) is 0 Å². The molecule has 0 aliphatic heterocycles. The Labute approximate surface area is 114 Å². The SMILES string of the molecule is Cc1ccc(O)c(OC(=O)c2cccc3n[nH]nc23)c1. The van der Waals surface area contributed by atoms with Crippen molar-refractivity contribution in [2.45, 2.75) is 6.92 Å². The first-order valence-corrected chi connectivity index (χ1v) is 5.96. The van der Waals surface area contributed by atoms with Crippen molar-refractivity contribution in [2.75, 3.05) is 0 Å². The summed E-state index contributed by atoms with van der Waals surface area (Å²) in [6.07, 6.45) is 0. The van der Waals surface area contributed by atoms with Crippen LogP contribution < -0.4 is 4.74 Å². The molecule has 0 spiro atoms. The number of hydrogen-bond acceptors (Lipinski definition) is 5. The standard InChI is InChI=1S/C14H11N3O3/c1-8-5-6-11(18)12(7-8)20-14(19)9-3-2-4-10-13(9)16-17-15-10/h2-7,18H,1H3,(H,15,16,17). The summed E-state index contributed by atoms with van der Waals surface area (Å²) < 4.78 is 5.22. The number of aryl methyl sites for hydroxylation is 1. The molecule has 6 nitrogen and oxygen atoms in total. The van der Waals surface area contributed by atoms with E-state index in [1.54, 1.807) is 30.3 Å². The van der Waals surface area contributed by atoms with Crippen molar-refractivity contribution >= 4 is 17.0 Å². The van der Waals surface area contributed by atoms with Crippen LogP contribution in [-0.4, -0.2) is 26.5 Å². The molecular weight excluding hydrogens is 258 g/mol. The average Bonchev–Trinajstić information content (AvgIpc) is 2.91. The minimum atomic E-state index is -0.592. The van der Waals surface area contributed by atoms with Gasteiger partial charge in [-0.2, -0.15) is 15.4 Å². The summed E-state index contributed by atoms with van der Waals surface area (Å²) in [6.45, 7) is 1.84. The summed E-state index contributed by atoms with van der Waals surface area (Å²) >= 11 is 0. The predicted octanol–water partition coefficient (Wildman–Crippen LogP) is 2.19. The maximum absolute atomic E-state index is 12.2. The van der Waals surface area contributed by atoms with Crippen LogP contribution in [-0.2, 0) is 0 Å². The van der Waals surface area contributed by atoms with Gasteiger partial charge in [-0.1, -0.05) is 12.1 Å². The van der Waals surface area contributed by atoms with Crippen LogP contribution in [0.2, 0.25) is 0 Å². The Kier molecular flexibility index (Phi) is 2.83. The van der Waals surface area contributed by atoms with Crippen LogP contribution >= 0.6 is 0 Å². The highest BCUT2D eigenvalue weighted by molar-refractivity contribution is 6.02. The number of ether oxygens (including phenoxy) is 1. The lowest BCUT2D eigenvalue weighted by Crippen LogP contribution is -2.09. The average molecular weight is 269 g/mol. The van der Waals surface area contributed by atoms with E-state index in [2.05, 4.69) is 15.4 Å². The van der Waals surface area contributed by atoms with Gasteiger partial charge in [0.15, 0.2) is 11.5 Å². The lowest BCUT2D eigenvalue weighted by Gasteiger charge is -2.07. The third-order valence-corrected chi connectivity index (χ3v) is 2.88. The molecule has 3 aromatic rings. The second-order valence-corrected chi connectivity index (χ2v) is 4.36. The van der Waals surface area contributed by atoms with Gasteiger partial charge in [-0.15, -0.1) is 0 Å². The van der Waals surface area contributed by atoms with Crippen molar-refractivity contribution in [3.05, 3.63) is 47.5 Å². The quantitative estimate of drug-likeness (QED) is 0.550. The van der Waals surface area contributed by atoms with Gasteiger partial charge < -0.3 is 9.84 Å². The Morgan fingerprint density at radius 1 is 1.25 bits per heavy atom. The number of aromatic amines is 1. The van der Waals surface area contributed by atoms with Crippen LogP contribution in [0.3, 0.4) is 0 Å². The van der Waals surface area contributed by atoms with Crippen molar-refractivity contribution in [3.8, 4) is 11.5 Å². The van der Waals surface area contributed by atoms with Gasteiger partial charge in [-0.25, -0.2) is 4.79 Å². The number of phenolic OH excluding ortho intramolecular Hbond substituents is 1. The summed E-state index contributed by atoms with van der Waals surface area (Å²) in [5.41, 5.74) is 2.18. The molecular formula is C14H11N3O3. The lowest BCUT2D eigenvalue weighted by atomic mass is 10.2. The number of fused-ring (bicyclic) bond motifs is 1. The fraction of sp³-hybridized carbons (Fsp3) is 0.0714. The van der Waals surface area contributed by atoms with Crippen LogP contribution in [0.5, 0.6) is 11.5 Å². The molecule has 100 valence electrons. The normalized spacial score (nSPS) is 10.7. The first-order chi connectivity index (χ1) is 9.65. The van der Waals surface area contributed by atoms with Gasteiger partial charge in [0.05, 0.1) is 5.56 Å². The summed E-state index contributed by atoms with van der Waals surface area (Å²) in [5, 5.41) is 20.0. The van der Waals surface area contributed by atoms with E-state index in [1.165, 1.54) is 6.07 Å². The number of para-hydroxylation sites is 1. The number of nitrogens with zero attached hydrogens (tertiary/aromatic N) is 2. The van der Waals surface area contributed by atoms with Crippen LogP contribution in [0.4, 0.5) is 0 Å². The molecule has 20 heavy (non-hydrogen) atoms. The van der Waals surface area contributed by atoms with Crippen molar-refractivity contribution in [3.63, 3.8) is 0 Å². The molecule has 0 unspecified atom stereocenters. The monoisotopic (exact) mass is 269 g/mol. The summed E-state index contributed by atoms with van der Waals surface area (Å²) in [4.78, 5) is 12.2. The number of H-pyrrole nitrogens is 1. The zero-order valence-electron chi connectivity index (χ0n) is 10.6. The van der Waals surface area contributed by atoms with E-state index >= 15 is 0 Å². The van der Waals surface area contributed by atoms with E-state index in [-0.39, 0.29) is 17.1 Å². The van der Waals surface area contributed by atoms with Crippen LogP contribution in [0.15, 0.2) is 36.4 Å². The Morgan fingerprint density at radius 3 is 2.95 bits per heavy atom. The van der Waals surface area contributed by atoms with Gasteiger partial charge in [-0.05, 0) is 36.8 Å². The number of carbonyl (C=O) groups is 1. The summed E-state index contributed by atoms with van der Waals surface area (Å²) in [6, 6.07) is 9.83. The van der Waals surface area contributed by atoms with Gasteiger partial charge in [0.1, 0.15) is 11.0 Å². The van der Waals surface area contributed by atoms with Crippen molar-refractivity contribution < 1.29 is 14.6 Å². The van der Waals surface area contributed by atoms with Crippen LogP contribution in [0, 0.1) is 6.92 Å². The van der Waals surface area contributed by atoms with Crippen molar-refractivity contribution in [1.29, 1.82) is 0 Å². The fourth-order valence-electron chi connectivity index (χ4n) is 1.89. The molecule has 0 saturated carbocycles. The summed E-state index contributed by atoms with van der Waals surface area (Å²) in [5.74, 6) is -0.558. The minimum absolute atomic E-state index is 0.0868. The number of nitrogens with one attached hydrogen (secondary N) is 1. The molecule has 6 heteroatoms. The number of esters is 1. The molecule has 0 fully saturated rings. The number of hydrogen-bond donors (Lipinski definition) is 2. The molecule has 1 aromatic heterocycles. The van der Waals surface area contributed by atoms with Gasteiger partial charge in [0.25, 0.3) is 0 Å². The molecule has 1 heterocycles. The Hall–Kier alpha value is -2.89. The second kappa shape index (κ2) is 4.65. The first kappa shape index (κ1) is 12.2. The van der Waals surface area contributed by atoms with E-state index in [4.69, 9.17) is 4.74 Å². The number of carbonyl (C=O) groups excluding carboxylic acids is 1. The number of aromatic nitrogens is 3. The Morgan fingerprint density at radius 2 is 2.10 bits per heavy atom. The third kappa shape index (κ3) is 2.07. The van der Waals surface area contributed by atoms with Crippen molar-refractivity contribution in [2.24, 2.45) is 0 Å². The number of benzene rings is 2. The van der Waals surface area contributed by atoms with E-state index in [0.29, 0.717) is 11.0 Å². The highest BCUT2D eigenvalue weighted by Gasteiger charge is 2.16. The Bertz CT molecular complexity index is 795. The molecule has 0 aliphatic rings. The van der Waals surface area contributed by atoms with Crippen molar-refractivity contribution in [1.82, 2.24) is 15.4 Å². The number of aromatic hydroxyl groups is 1. The maximum atomic E-state index is 12.2. The molecule has 2 N–H and O–H groups in total. The summed E-state index contributed by atoms with van der Waals surface area (Å²) in [7, 11) is 0. The van der Waals surface area contributed by atoms with Gasteiger partial charge >= 0.3 is 5.97 Å². The molecule has 0 bridgehead atoms. The largest absolute Gasteiger partial charge is 0.504 e. The molecule has 3 rings (SSSR count).